The molecule has 0 fully saturated rings. The number of amides is 1. The monoisotopic (exact) mass is 456 g/mol. The summed E-state index contributed by atoms with van der Waals surface area (Å²) in [6.45, 7) is 5.65. The predicted octanol–water partition coefficient (Wildman–Crippen LogP) is 3.81. The molecule has 0 aliphatic heterocycles. The van der Waals surface area contributed by atoms with Crippen LogP contribution >= 0.6 is 11.3 Å². The number of esters is 1. The highest BCUT2D eigenvalue weighted by molar-refractivity contribution is 7.15. The van der Waals surface area contributed by atoms with Crippen molar-refractivity contribution in [2.45, 2.75) is 26.9 Å². The van der Waals surface area contributed by atoms with Crippen molar-refractivity contribution in [1.82, 2.24) is 14.7 Å². The van der Waals surface area contributed by atoms with Crippen LogP contribution in [-0.2, 0) is 22.6 Å². The Kier molecular flexibility index (Phi) is 7.66. The number of carbonyl (C=O) groups excluding carboxylic acids is 2. The maximum Gasteiger partial charge on any atom is 0.341 e. The number of likely N-dealkylation sites (N-methyl/N-ethyl adjacent to an activating group) is 1. The number of aromatic nitrogens is 2. The Morgan fingerprint density at radius 3 is 2.53 bits per heavy atom. The van der Waals surface area contributed by atoms with Crippen molar-refractivity contribution < 1.29 is 19.1 Å². The molecule has 0 saturated heterocycles. The molecule has 8 nitrogen and oxygen atoms in total. The van der Waals surface area contributed by atoms with Gasteiger partial charge in [-0.05, 0) is 38.6 Å². The van der Waals surface area contributed by atoms with Crippen LogP contribution in [0.25, 0.3) is 11.1 Å². The number of hydrogen-bond donors (Lipinski definition) is 1. The molecule has 0 saturated carbocycles. The summed E-state index contributed by atoms with van der Waals surface area (Å²) in [7, 11) is 4.80. The Bertz CT molecular complexity index is 1090. The summed E-state index contributed by atoms with van der Waals surface area (Å²) in [6.07, 6.45) is 1.84. The zero-order valence-electron chi connectivity index (χ0n) is 19.0. The van der Waals surface area contributed by atoms with Crippen LogP contribution < -0.4 is 10.1 Å². The quantitative estimate of drug-likeness (QED) is 0.493. The number of thiophene rings is 1. The molecular formula is C23H28N4O4S. The number of nitrogens with zero attached hydrogens (tertiary/aromatic N) is 3. The third-order valence-electron chi connectivity index (χ3n) is 5.19. The van der Waals surface area contributed by atoms with Crippen LogP contribution in [0.4, 0.5) is 5.00 Å². The van der Waals surface area contributed by atoms with Crippen molar-refractivity contribution >= 4 is 28.2 Å². The van der Waals surface area contributed by atoms with Crippen molar-refractivity contribution in [2.75, 3.05) is 33.1 Å². The van der Waals surface area contributed by atoms with Gasteiger partial charge in [-0.15, -0.1) is 11.3 Å². The van der Waals surface area contributed by atoms with Gasteiger partial charge in [0.25, 0.3) is 0 Å². The lowest BCUT2D eigenvalue weighted by molar-refractivity contribution is -0.117. The van der Waals surface area contributed by atoms with Gasteiger partial charge in [0.05, 0.1) is 27.0 Å². The van der Waals surface area contributed by atoms with E-state index in [9.17, 15) is 9.59 Å². The Balaban J connectivity index is 1.74. The van der Waals surface area contributed by atoms with Crippen LogP contribution in [0.1, 0.15) is 28.5 Å². The molecule has 2 heterocycles. The van der Waals surface area contributed by atoms with Crippen LogP contribution in [0.15, 0.2) is 35.8 Å². The van der Waals surface area contributed by atoms with Gasteiger partial charge >= 0.3 is 5.97 Å². The summed E-state index contributed by atoms with van der Waals surface area (Å²) >= 11 is 1.30. The minimum Gasteiger partial charge on any atom is -0.497 e. The molecular weight excluding hydrogens is 428 g/mol. The molecule has 32 heavy (non-hydrogen) atoms. The van der Waals surface area contributed by atoms with Gasteiger partial charge in [-0.1, -0.05) is 12.1 Å². The van der Waals surface area contributed by atoms with E-state index in [2.05, 4.69) is 10.4 Å². The first kappa shape index (κ1) is 23.5. The molecule has 1 N–H and O–H groups in total. The number of aryl methyl sites for hydroxylation is 1. The Hall–Kier alpha value is -3.17. The molecule has 0 radical (unpaired) electrons. The first-order chi connectivity index (χ1) is 15.4. The van der Waals surface area contributed by atoms with E-state index >= 15 is 0 Å². The molecule has 9 heteroatoms. The highest BCUT2D eigenvalue weighted by Gasteiger charge is 2.23. The zero-order valence-corrected chi connectivity index (χ0v) is 19.8. The van der Waals surface area contributed by atoms with E-state index in [0.29, 0.717) is 22.7 Å². The topological polar surface area (TPSA) is 85.7 Å². The number of ether oxygens (including phenoxy) is 2. The molecule has 1 aromatic carbocycles. The molecule has 0 bridgehead atoms. The molecule has 3 aromatic rings. The number of rotatable bonds is 9. The fourth-order valence-corrected chi connectivity index (χ4v) is 4.43. The summed E-state index contributed by atoms with van der Waals surface area (Å²) < 4.78 is 12.1. The van der Waals surface area contributed by atoms with E-state index in [1.165, 1.54) is 18.4 Å². The summed E-state index contributed by atoms with van der Waals surface area (Å²) in [6, 6.07) is 7.38. The van der Waals surface area contributed by atoms with Gasteiger partial charge in [-0.25, -0.2) is 4.79 Å². The van der Waals surface area contributed by atoms with Gasteiger partial charge in [0.1, 0.15) is 16.3 Å². The van der Waals surface area contributed by atoms with Crippen LogP contribution in [0.3, 0.4) is 0 Å². The third-order valence-corrected chi connectivity index (χ3v) is 6.09. The average Bonchev–Trinajstić information content (AvgIpc) is 3.36. The Morgan fingerprint density at radius 1 is 1.22 bits per heavy atom. The molecule has 170 valence electrons. The van der Waals surface area contributed by atoms with Gasteiger partial charge in [0.15, 0.2) is 0 Å². The highest BCUT2D eigenvalue weighted by Crippen LogP contribution is 2.36. The van der Waals surface area contributed by atoms with Crippen LogP contribution in [-0.4, -0.2) is 54.4 Å². The maximum atomic E-state index is 12.7. The lowest BCUT2D eigenvalue weighted by Crippen LogP contribution is -2.30. The third kappa shape index (κ3) is 5.17. The maximum absolute atomic E-state index is 12.7. The lowest BCUT2D eigenvalue weighted by atomic mass is 10.0. The number of methoxy groups -OCH3 is 2. The number of nitrogens with one attached hydrogen (secondary N) is 1. The van der Waals surface area contributed by atoms with E-state index < -0.39 is 5.97 Å². The standard InChI is InChI=1S/C23H28N4O4S/c1-6-27-15(2)17(11-24-27)12-26(3)13-20(28)25-22-21(23(29)31-5)19(14-32-22)16-7-9-18(30-4)10-8-16/h7-11,14H,6,12-13H2,1-5H3,(H,25,28). The van der Waals surface area contributed by atoms with E-state index in [1.54, 1.807) is 7.11 Å². The summed E-state index contributed by atoms with van der Waals surface area (Å²) in [5, 5.41) is 9.54. The van der Waals surface area contributed by atoms with Gasteiger partial charge in [-0.3, -0.25) is 14.4 Å². The van der Waals surface area contributed by atoms with Crippen molar-refractivity contribution in [1.29, 1.82) is 0 Å². The minimum absolute atomic E-state index is 0.174. The Labute approximate surface area is 191 Å². The zero-order chi connectivity index (χ0) is 23.3. The molecule has 0 atom stereocenters. The van der Waals surface area contributed by atoms with Gasteiger partial charge < -0.3 is 14.8 Å². The van der Waals surface area contributed by atoms with Crippen LogP contribution in [0.5, 0.6) is 5.75 Å². The number of benzene rings is 1. The van der Waals surface area contributed by atoms with E-state index in [0.717, 1.165) is 29.1 Å². The number of anilines is 1. The van der Waals surface area contributed by atoms with Crippen molar-refractivity contribution in [3.05, 3.63) is 52.7 Å². The molecule has 0 spiro atoms. The second kappa shape index (κ2) is 10.4. The summed E-state index contributed by atoms with van der Waals surface area (Å²) in [5.41, 5.74) is 4.06. The van der Waals surface area contributed by atoms with Crippen molar-refractivity contribution in [2.24, 2.45) is 0 Å². The molecule has 3 rings (SSSR count). The van der Waals surface area contributed by atoms with Crippen LogP contribution in [0, 0.1) is 6.92 Å². The first-order valence-corrected chi connectivity index (χ1v) is 11.1. The van der Waals surface area contributed by atoms with E-state index in [4.69, 9.17) is 9.47 Å². The molecule has 2 aromatic heterocycles. The Morgan fingerprint density at radius 2 is 1.94 bits per heavy atom. The van der Waals surface area contributed by atoms with Crippen molar-refractivity contribution in [3.8, 4) is 16.9 Å². The SMILES string of the molecule is CCn1ncc(CN(C)CC(=O)Nc2scc(-c3ccc(OC)cc3)c2C(=O)OC)c1C. The second-order valence-corrected chi connectivity index (χ2v) is 8.24. The van der Waals surface area contributed by atoms with E-state index in [1.807, 2.05) is 66.3 Å². The van der Waals surface area contributed by atoms with E-state index in [-0.39, 0.29) is 12.5 Å². The fourth-order valence-electron chi connectivity index (χ4n) is 3.45. The molecule has 0 unspecified atom stereocenters. The molecule has 0 aliphatic carbocycles. The van der Waals surface area contributed by atoms with Crippen molar-refractivity contribution in [3.63, 3.8) is 0 Å². The van der Waals surface area contributed by atoms with Gasteiger partial charge in [0.2, 0.25) is 5.91 Å². The number of hydrogen-bond acceptors (Lipinski definition) is 7. The number of carbonyl (C=O) groups is 2. The highest BCUT2D eigenvalue weighted by atomic mass is 32.1. The fraction of sp³-hybridized carbons (Fsp3) is 0.348. The second-order valence-electron chi connectivity index (χ2n) is 7.37. The first-order valence-electron chi connectivity index (χ1n) is 10.2. The van der Waals surface area contributed by atoms with Gasteiger partial charge in [0, 0.05) is 35.3 Å². The summed E-state index contributed by atoms with van der Waals surface area (Å²) in [5.74, 6) is 0.0181. The molecule has 1 amide bonds. The largest absolute Gasteiger partial charge is 0.497 e. The summed E-state index contributed by atoms with van der Waals surface area (Å²) in [4.78, 5) is 27.1. The average molecular weight is 457 g/mol. The molecule has 0 aliphatic rings. The minimum atomic E-state index is -0.497. The van der Waals surface area contributed by atoms with Gasteiger partial charge in [-0.2, -0.15) is 5.10 Å². The smallest absolute Gasteiger partial charge is 0.341 e. The predicted molar refractivity (Wildman–Crippen MR) is 125 cm³/mol. The van der Waals surface area contributed by atoms with Crippen LogP contribution in [0.2, 0.25) is 0 Å². The normalized spacial score (nSPS) is 10.9. The lowest BCUT2D eigenvalue weighted by Gasteiger charge is -2.16.